The average molecular weight is 355 g/mol. The molecule has 108 valence electrons. The van der Waals surface area contributed by atoms with E-state index in [0.717, 1.165) is 35.7 Å². The van der Waals surface area contributed by atoms with Crippen molar-refractivity contribution in [1.29, 1.82) is 0 Å². The average Bonchev–Trinajstić information content (AvgIpc) is 2.42. The first-order valence-corrected chi connectivity index (χ1v) is 8.03. The van der Waals surface area contributed by atoms with Crippen LogP contribution in [-0.4, -0.2) is 16.4 Å². The molecule has 0 unspecified atom stereocenters. The Bertz CT molecular complexity index is 539. The molecule has 0 bridgehead atoms. The van der Waals surface area contributed by atoms with Gasteiger partial charge < -0.3 is 11.1 Å². The number of aryl methyl sites for hydroxylation is 1. The third-order valence-corrected chi connectivity index (χ3v) is 4.98. The summed E-state index contributed by atoms with van der Waals surface area (Å²) >= 11 is 8.63. The maximum atomic E-state index is 12.5. The van der Waals surface area contributed by atoms with Crippen molar-refractivity contribution in [1.82, 2.24) is 5.32 Å². The molecule has 0 aromatic heterocycles. The summed E-state index contributed by atoms with van der Waals surface area (Å²) in [6.45, 7) is 1.97. The van der Waals surface area contributed by atoms with E-state index in [1.54, 1.807) is 0 Å². The minimum Gasteiger partial charge on any atom is -0.391 e. The van der Waals surface area contributed by atoms with Crippen LogP contribution in [0.3, 0.4) is 0 Å². The van der Waals surface area contributed by atoms with Gasteiger partial charge in [-0.2, -0.15) is 0 Å². The molecule has 0 aliphatic heterocycles. The van der Waals surface area contributed by atoms with Gasteiger partial charge in [0.05, 0.1) is 16.1 Å². The van der Waals surface area contributed by atoms with Gasteiger partial charge in [0.15, 0.2) is 0 Å². The molecule has 1 saturated carbocycles. The first kappa shape index (κ1) is 15.4. The number of amides is 1. The van der Waals surface area contributed by atoms with Gasteiger partial charge in [-0.25, -0.2) is 0 Å². The topological polar surface area (TPSA) is 55.1 Å². The lowest BCUT2D eigenvalue weighted by Crippen LogP contribution is -2.57. The Kier molecular flexibility index (Phi) is 4.81. The van der Waals surface area contributed by atoms with Gasteiger partial charge in [0.1, 0.15) is 0 Å². The molecular formula is C15H19BrN2OS. The van der Waals surface area contributed by atoms with Crippen LogP contribution in [-0.2, 0) is 0 Å². The predicted molar refractivity (Wildman–Crippen MR) is 88.9 cm³/mol. The monoisotopic (exact) mass is 354 g/mol. The number of hydrogen-bond acceptors (Lipinski definition) is 2. The lowest BCUT2D eigenvalue weighted by atomic mass is 9.81. The SMILES string of the molecule is Cc1ccc(Br)c(C(=O)NC2(C(N)=S)CCCCC2)c1. The molecule has 1 amide bonds. The zero-order chi connectivity index (χ0) is 14.8. The van der Waals surface area contributed by atoms with Gasteiger partial charge >= 0.3 is 0 Å². The van der Waals surface area contributed by atoms with Crippen molar-refractivity contribution >= 4 is 39.0 Å². The Balaban J connectivity index is 2.24. The summed E-state index contributed by atoms with van der Waals surface area (Å²) in [5, 5.41) is 3.08. The van der Waals surface area contributed by atoms with Crippen LogP contribution in [0.5, 0.6) is 0 Å². The third kappa shape index (κ3) is 3.20. The van der Waals surface area contributed by atoms with Crippen LogP contribution >= 0.6 is 28.1 Å². The Morgan fingerprint density at radius 2 is 2.00 bits per heavy atom. The van der Waals surface area contributed by atoms with Crippen LogP contribution in [0.1, 0.15) is 48.0 Å². The molecule has 2 rings (SSSR count). The van der Waals surface area contributed by atoms with E-state index in [1.165, 1.54) is 6.42 Å². The number of nitrogens with two attached hydrogens (primary N) is 1. The highest BCUT2D eigenvalue weighted by molar-refractivity contribution is 9.10. The summed E-state index contributed by atoms with van der Waals surface area (Å²) < 4.78 is 0.787. The third-order valence-electron chi connectivity index (χ3n) is 3.90. The number of benzene rings is 1. The zero-order valence-electron chi connectivity index (χ0n) is 11.5. The summed E-state index contributed by atoms with van der Waals surface area (Å²) in [7, 11) is 0. The molecule has 3 N–H and O–H groups in total. The number of hydrogen-bond donors (Lipinski definition) is 2. The number of nitrogens with one attached hydrogen (secondary N) is 1. The summed E-state index contributed by atoms with van der Waals surface area (Å²) in [6, 6.07) is 5.72. The smallest absolute Gasteiger partial charge is 0.253 e. The first-order chi connectivity index (χ1) is 9.44. The van der Waals surface area contributed by atoms with E-state index in [0.29, 0.717) is 10.6 Å². The molecule has 1 fully saturated rings. The van der Waals surface area contributed by atoms with Gasteiger partial charge in [0.25, 0.3) is 5.91 Å². The van der Waals surface area contributed by atoms with Crippen molar-refractivity contribution in [2.45, 2.75) is 44.6 Å². The van der Waals surface area contributed by atoms with Gasteiger partial charge in [-0.1, -0.05) is 43.1 Å². The quantitative estimate of drug-likeness (QED) is 0.817. The van der Waals surface area contributed by atoms with E-state index in [4.69, 9.17) is 18.0 Å². The molecule has 0 heterocycles. The van der Waals surface area contributed by atoms with Crippen LogP contribution < -0.4 is 11.1 Å². The van der Waals surface area contributed by atoms with Crippen LogP contribution in [0, 0.1) is 6.92 Å². The molecular weight excluding hydrogens is 336 g/mol. The molecule has 0 spiro atoms. The second-order valence-corrected chi connectivity index (χ2v) is 6.74. The highest BCUT2D eigenvalue weighted by Gasteiger charge is 2.36. The van der Waals surface area contributed by atoms with E-state index in [-0.39, 0.29) is 5.91 Å². The standard InChI is InChI=1S/C15H19BrN2OS/c1-10-5-6-12(16)11(9-10)13(19)18-15(14(17)20)7-3-2-4-8-15/h5-6,9H,2-4,7-8H2,1H3,(H2,17,20)(H,18,19). The minimum absolute atomic E-state index is 0.115. The van der Waals surface area contributed by atoms with E-state index in [1.807, 2.05) is 25.1 Å². The second-order valence-electron chi connectivity index (χ2n) is 5.44. The van der Waals surface area contributed by atoms with Crippen LogP contribution in [0.4, 0.5) is 0 Å². The van der Waals surface area contributed by atoms with Crippen molar-refractivity contribution in [3.05, 3.63) is 33.8 Å². The lowest BCUT2D eigenvalue weighted by molar-refractivity contribution is 0.0907. The van der Waals surface area contributed by atoms with Gasteiger partial charge in [-0.15, -0.1) is 0 Å². The maximum absolute atomic E-state index is 12.5. The number of halogens is 1. The number of carbonyl (C=O) groups excluding carboxylic acids is 1. The summed E-state index contributed by atoms with van der Waals surface area (Å²) in [6.07, 6.45) is 4.93. The Hall–Kier alpha value is -0.940. The first-order valence-electron chi connectivity index (χ1n) is 6.83. The van der Waals surface area contributed by atoms with Gasteiger partial charge in [-0.05, 0) is 47.8 Å². The van der Waals surface area contributed by atoms with Gasteiger partial charge in [0.2, 0.25) is 0 Å². The second kappa shape index (κ2) is 6.22. The normalized spacial score (nSPS) is 17.5. The fourth-order valence-corrected chi connectivity index (χ4v) is 3.37. The molecule has 5 heteroatoms. The molecule has 20 heavy (non-hydrogen) atoms. The van der Waals surface area contributed by atoms with E-state index in [2.05, 4.69) is 21.2 Å². The highest BCUT2D eigenvalue weighted by Crippen LogP contribution is 2.29. The van der Waals surface area contributed by atoms with Crippen molar-refractivity contribution in [2.24, 2.45) is 5.73 Å². The molecule has 0 saturated heterocycles. The fraction of sp³-hybridized carbons (Fsp3) is 0.467. The lowest BCUT2D eigenvalue weighted by Gasteiger charge is -2.37. The Morgan fingerprint density at radius 3 is 2.60 bits per heavy atom. The number of carbonyl (C=O) groups is 1. The molecule has 1 aliphatic carbocycles. The van der Waals surface area contributed by atoms with Crippen molar-refractivity contribution < 1.29 is 4.79 Å². The highest BCUT2D eigenvalue weighted by atomic mass is 79.9. The number of rotatable bonds is 3. The van der Waals surface area contributed by atoms with Crippen molar-refractivity contribution in [2.75, 3.05) is 0 Å². The summed E-state index contributed by atoms with van der Waals surface area (Å²) in [5.41, 5.74) is 7.06. The predicted octanol–water partition coefficient (Wildman–Crippen LogP) is 3.48. The molecule has 1 aliphatic rings. The molecule has 1 aromatic rings. The summed E-state index contributed by atoms with van der Waals surface area (Å²) in [5.74, 6) is -0.115. The summed E-state index contributed by atoms with van der Waals surface area (Å²) in [4.78, 5) is 12.9. The fourth-order valence-electron chi connectivity index (χ4n) is 2.69. The van der Waals surface area contributed by atoms with Crippen molar-refractivity contribution in [3.8, 4) is 0 Å². The van der Waals surface area contributed by atoms with E-state index < -0.39 is 5.54 Å². The minimum atomic E-state index is -0.520. The van der Waals surface area contributed by atoms with E-state index >= 15 is 0 Å². The largest absolute Gasteiger partial charge is 0.391 e. The maximum Gasteiger partial charge on any atom is 0.253 e. The van der Waals surface area contributed by atoms with Gasteiger partial charge in [-0.3, -0.25) is 4.79 Å². The van der Waals surface area contributed by atoms with Crippen LogP contribution in [0.15, 0.2) is 22.7 Å². The Labute approximate surface area is 133 Å². The Morgan fingerprint density at radius 1 is 1.35 bits per heavy atom. The van der Waals surface area contributed by atoms with Gasteiger partial charge in [0, 0.05) is 4.47 Å². The molecule has 3 nitrogen and oxygen atoms in total. The number of thiocarbonyl (C=S) groups is 1. The molecule has 0 radical (unpaired) electrons. The molecule has 0 atom stereocenters. The molecule has 1 aromatic carbocycles. The van der Waals surface area contributed by atoms with E-state index in [9.17, 15) is 4.79 Å². The zero-order valence-corrected chi connectivity index (χ0v) is 13.9. The van der Waals surface area contributed by atoms with Crippen LogP contribution in [0.25, 0.3) is 0 Å². The van der Waals surface area contributed by atoms with Crippen LogP contribution in [0.2, 0.25) is 0 Å². The van der Waals surface area contributed by atoms with Crippen molar-refractivity contribution in [3.63, 3.8) is 0 Å².